The van der Waals surface area contributed by atoms with E-state index in [1.165, 1.54) is 25.7 Å². The van der Waals surface area contributed by atoms with E-state index in [-0.39, 0.29) is 5.54 Å². The van der Waals surface area contributed by atoms with Gasteiger partial charge in [-0.25, -0.2) is 0 Å². The maximum absolute atomic E-state index is 9.28. The predicted molar refractivity (Wildman–Crippen MR) is 65.7 cm³/mol. The fourth-order valence-corrected chi connectivity index (χ4v) is 2.10. The highest BCUT2D eigenvalue weighted by Crippen LogP contribution is 2.21. The quantitative estimate of drug-likeness (QED) is 0.573. The maximum atomic E-state index is 9.28. The van der Waals surface area contributed by atoms with Crippen molar-refractivity contribution in [1.82, 2.24) is 4.90 Å². The van der Waals surface area contributed by atoms with E-state index in [1.807, 2.05) is 0 Å². The minimum absolute atomic E-state index is 0.253. The Hall–Kier alpha value is -0.550. The van der Waals surface area contributed by atoms with Crippen molar-refractivity contribution in [1.29, 1.82) is 5.26 Å². The molecule has 0 aromatic carbocycles. The molecule has 0 heterocycles. The molecular formula is C13H26N2. The highest BCUT2D eigenvalue weighted by atomic mass is 15.2. The number of hydrogen-bond donors (Lipinski definition) is 0. The molecule has 0 aliphatic rings. The lowest BCUT2D eigenvalue weighted by atomic mass is 9.93. The van der Waals surface area contributed by atoms with Crippen LogP contribution in [0.4, 0.5) is 0 Å². The van der Waals surface area contributed by atoms with Gasteiger partial charge >= 0.3 is 0 Å². The fraction of sp³-hybridized carbons (Fsp3) is 0.923. The normalized spacial score (nSPS) is 14.9. The monoisotopic (exact) mass is 210 g/mol. The largest absolute Gasteiger partial charge is 0.286 e. The zero-order valence-electron chi connectivity index (χ0n) is 10.8. The Balaban J connectivity index is 4.13. The van der Waals surface area contributed by atoms with E-state index in [0.717, 1.165) is 19.5 Å². The van der Waals surface area contributed by atoms with Crippen molar-refractivity contribution in [2.75, 3.05) is 13.1 Å². The lowest BCUT2D eigenvalue weighted by Gasteiger charge is -2.34. The molecule has 2 nitrogen and oxygen atoms in total. The average Bonchev–Trinajstić information content (AvgIpc) is 2.26. The Bertz CT molecular complexity index is 191. The van der Waals surface area contributed by atoms with Crippen LogP contribution in [0, 0.1) is 11.3 Å². The van der Waals surface area contributed by atoms with Crippen LogP contribution in [0.1, 0.15) is 59.8 Å². The van der Waals surface area contributed by atoms with Crippen molar-refractivity contribution in [3.63, 3.8) is 0 Å². The van der Waals surface area contributed by atoms with Gasteiger partial charge in [0.25, 0.3) is 0 Å². The Labute approximate surface area is 95.3 Å². The molecule has 1 atom stereocenters. The Morgan fingerprint density at radius 1 is 1.07 bits per heavy atom. The molecule has 0 aliphatic heterocycles. The van der Waals surface area contributed by atoms with Crippen LogP contribution in [0.5, 0.6) is 0 Å². The fourth-order valence-electron chi connectivity index (χ4n) is 2.10. The van der Waals surface area contributed by atoms with Gasteiger partial charge in [-0.3, -0.25) is 4.90 Å². The average molecular weight is 210 g/mol. The summed E-state index contributed by atoms with van der Waals surface area (Å²) in [5, 5.41) is 9.28. The summed E-state index contributed by atoms with van der Waals surface area (Å²) in [7, 11) is 0. The molecule has 0 amide bonds. The first-order chi connectivity index (χ1) is 7.14. The standard InChI is InChI=1S/C13H26N2/c1-5-8-9-10-11-13(4,12-14)15(6-2)7-3/h5-11H2,1-4H3. The summed E-state index contributed by atoms with van der Waals surface area (Å²) in [6, 6.07) is 2.48. The highest BCUT2D eigenvalue weighted by Gasteiger charge is 2.28. The first-order valence-corrected chi connectivity index (χ1v) is 6.30. The third-order valence-corrected chi connectivity index (χ3v) is 3.22. The number of nitrogens with zero attached hydrogens (tertiary/aromatic N) is 2. The van der Waals surface area contributed by atoms with Gasteiger partial charge in [0.05, 0.1) is 6.07 Å². The second-order valence-corrected chi connectivity index (χ2v) is 4.37. The van der Waals surface area contributed by atoms with E-state index >= 15 is 0 Å². The molecule has 0 bridgehead atoms. The van der Waals surface area contributed by atoms with Crippen molar-refractivity contribution in [2.24, 2.45) is 0 Å². The summed E-state index contributed by atoms with van der Waals surface area (Å²) in [6.45, 7) is 10.5. The molecule has 15 heavy (non-hydrogen) atoms. The van der Waals surface area contributed by atoms with Gasteiger partial charge in [0.2, 0.25) is 0 Å². The number of rotatable bonds is 8. The minimum Gasteiger partial charge on any atom is -0.286 e. The van der Waals surface area contributed by atoms with Crippen LogP contribution in [0.25, 0.3) is 0 Å². The third-order valence-electron chi connectivity index (χ3n) is 3.22. The first-order valence-electron chi connectivity index (χ1n) is 6.30. The Morgan fingerprint density at radius 2 is 1.67 bits per heavy atom. The molecule has 0 fully saturated rings. The third kappa shape index (κ3) is 4.66. The Kier molecular flexibility index (Phi) is 7.42. The molecule has 0 spiro atoms. The molecule has 88 valence electrons. The second kappa shape index (κ2) is 7.70. The predicted octanol–water partition coefficient (Wildman–Crippen LogP) is 3.58. The van der Waals surface area contributed by atoms with Crippen molar-refractivity contribution in [3.8, 4) is 6.07 Å². The summed E-state index contributed by atoms with van der Waals surface area (Å²) in [5.74, 6) is 0. The van der Waals surface area contributed by atoms with E-state index in [4.69, 9.17) is 0 Å². The van der Waals surface area contributed by atoms with Gasteiger partial charge in [0.1, 0.15) is 5.54 Å². The topological polar surface area (TPSA) is 27.0 Å². The SMILES string of the molecule is CCCCCCC(C)(C#N)N(CC)CC. The Morgan fingerprint density at radius 3 is 2.07 bits per heavy atom. The molecule has 0 N–H and O–H groups in total. The molecular weight excluding hydrogens is 184 g/mol. The van der Waals surface area contributed by atoms with Gasteiger partial charge in [-0.15, -0.1) is 0 Å². The summed E-state index contributed by atoms with van der Waals surface area (Å²) < 4.78 is 0. The van der Waals surface area contributed by atoms with Crippen LogP contribution in [0.3, 0.4) is 0 Å². The molecule has 0 radical (unpaired) electrons. The second-order valence-electron chi connectivity index (χ2n) is 4.37. The van der Waals surface area contributed by atoms with Gasteiger partial charge in [-0.2, -0.15) is 5.26 Å². The zero-order chi connectivity index (χ0) is 11.7. The van der Waals surface area contributed by atoms with Gasteiger partial charge in [0.15, 0.2) is 0 Å². The van der Waals surface area contributed by atoms with Gasteiger partial charge in [-0.1, -0.05) is 46.5 Å². The molecule has 0 aromatic rings. The molecule has 1 unspecified atom stereocenters. The first kappa shape index (κ1) is 14.5. The zero-order valence-corrected chi connectivity index (χ0v) is 10.8. The van der Waals surface area contributed by atoms with E-state index in [1.54, 1.807) is 0 Å². The lowest BCUT2D eigenvalue weighted by Crippen LogP contribution is -2.45. The smallest absolute Gasteiger partial charge is 0.106 e. The molecule has 0 aliphatic carbocycles. The van der Waals surface area contributed by atoms with Gasteiger partial charge < -0.3 is 0 Å². The van der Waals surface area contributed by atoms with Crippen molar-refractivity contribution in [2.45, 2.75) is 65.3 Å². The number of hydrogen-bond acceptors (Lipinski definition) is 2. The summed E-state index contributed by atoms with van der Waals surface area (Å²) >= 11 is 0. The molecule has 0 saturated carbocycles. The van der Waals surface area contributed by atoms with Crippen LogP contribution in [-0.4, -0.2) is 23.5 Å². The molecule has 0 saturated heterocycles. The van der Waals surface area contributed by atoms with Crippen molar-refractivity contribution >= 4 is 0 Å². The van der Waals surface area contributed by atoms with E-state index in [0.29, 0.717) is 0 Å². The minimum atomic E-state index is -0.253. The molecule has 0 rings (SSSR count). The van der Waals surface area contributed by atoms with Crippen LogP contribution in [0.2, 0.25) is 0 Å². The van der Waals surface area contributed by atoms with Crippen LogP contribution < -0.4 is 0 Å². The van der Waals surface area contributed by atoms with Crippen molar-refractivity contribution < 1.29 is 0 Å². The summed E-state index contributed by atoms with van der Waals surface area (Å²) in [4.78, 5) is 2.26. The maximum Gasteiger partial charge on any atom is 0.106 e. The molecule has 2 heteroatoms. The number of nitriles is 1. The van der Waals surface area contributed by atoms with Crippen LogP contribution in [-0.2, 0) is 0 Å². The highest BCUT2D eigenvalue weighted by molar-refractivity contribution is 5.04. The van der Waals surface area contributed by atoms with E-state index in [9.17, 15) is 5.26 Å². The van der Waals surface area contributed by atoms with E-state index in [2.05, 4.69) is 38.7 Å². The number of unbranched alkanes of at least 4 members (excludes halogenated alkanes) is 3. The van der Waals surface area contributed by atoms with Gasteiger partial charge in [0, 0.05) is 0 Å². The van der Waals surface area contributed by atoms with E-state index < -0.39 is 0 Å². The summed E-state index contributed by atoms with van der Waals surface area (Å²) in [5.41, 5.74) is -0.253. The van der Waals surface area contributed by atoms with Crippen LogP contribution in [0.15, 0.2) is 0 Å². The van der Waals surface area contributed by atoms with Gasteiger partial charge in [-0.05, 0) is 26.4 Å². The van der Waals surface area contributed by atoms with Crippen LogP contribution >= 0.6 is 0 Å². The lowest BCUT2D eigenvalue weighted by molar-refractivity contribution is 0.156. The molecule has 0 aromatic heterocycles. The van der Waals surface area contributed by atoms with Crippen molar-refractivity contribution in [3.05, 3.63) is 0 Å². The summed E-state index contributed by atoms with van der Waals surface area (Å²) in [6.07, 6.45) is 5.99.